The molecule has 0 atom stereocenters. The van der Waals surface area contributed by atoms with Crippen LogP contribution in [0.25, 0.3) is 0 Å². The fourth-order valence-electron chi connectivity index (χ4n) is 1.31. The van der Waals surface area contributed by atoms with E-state index in [4.69, 9.17) is 0 Å². The average molecular weight is 222 g/mol. The minimum atomic E-state index is -0.453. The molecule has 0 saturated carbocycles. The second kappa shape index (κ2) is 4.74. The molecule has 0 fully saturated rings. The molecule has 0 bridgehead atoms. The van der Waals surface area contributed by atoms with Gasteiger partial charge < -0.3 is 4.90 Å². The van der Waals surface area contributed by atoms with E-state index in [2.05, 4.69) is 0 Å². The van der Waals surface area contributed by atoms with Crippen LogP contribution in [-0.2, 0) is 11.2 Å². The van der Waals surface area contributed by atoms with Crippen molar-refractivity contribution < 1.29 is 9.72 Å². The topological polar surface area (TPSA) is 63.5 Å². The van der Waals surface area contributed by atoms with E-state index in [0.29, 0.717) is 5.56 Å². The molecule has 1 rings (SSSR count). The summed E-state index contributed by atoms with van der Waals surface area (Å²) < 4.78 is 0. The van der Waals surface area contributed by atoms with Crippen LogP contribution in [0.1, 0.15) is 11.1 Å². The summed E-state index contributed by atoms with van der Waals surface area (Å²) in [5.74, 6) is -0.146. The van der Waals surface area contributed by atoms with Crippen molar-refractivity contribution in [3.63, 3.8) is 0 Å². The molecule has 0 aromatic heterocycles. The van der Waals surface area contributed by atoms with Gasteiger partial charge in [0.1, 0.15) is 0 Å². The summed E-state index contributed by atoms with van der Waals surface area (Å²) >= 11 is 0. The van der Waals surface area contributed by atoms with Gasteiger partial charge in [0.2, 0.25) is 5.91 Å². The van der Waals surface area contributed by atoms with Crippen molar-refractivity contribution in [2.75, 3.05) is 14.1 Å². The van der Waals surface area contributed by atoms with Crippen LogP contribution in [0.5, 0.6) is 0 Å². The summed E-state index contributed by atoms with van der Waals surface area (Å²) in [6.07, 6.45) is 0.0591. The quantitative estimate of drug-likeness (QED) is 0.575. The Balaban J connectivity index is 3.04. The lowest BCUT2D eigenvalue weighted by molar-refractivity contribution is -0.385. The first-order chi connectivity index (χ1) is 7.41. The third kappa shape index (κ3) is 2.79. The van der Waals surface area contributed by atoms with E-state index in [9.17, 15) is 14.9 Å². The number of hydrogen-bond acceptors (Lipinski definition) is 3. The van der Waals surface area contributed by atoms with Crippen LogP contribution >= 0.6 is 0 Å². The van der Waals surface area contributed by atoms with Gasteiger partial charge in [-0.15, -0.1) is 0 Å². The SMILES string of the molecule is Cc1ccc(CC(=O)N(C)C)c([N+](=O)[O-])c1. The molecule has 0 N–H and O–H groups in total. The van der Waals surface area contributed by atoms with Crippen molar-refractivity contribution in [1.29, 1.82) is 0 Å². The summed E-state index contributed by atoms with van der Waals surface area (Å²) in [5.41, 5.74) is 1.28. The number of benzene rings is 1. The molecule has 0 radical (unpaired) electrons. The highest BCUT2D eigenvalue weighted by Gasteiger charge is 2.17. The van der Waals surface area contributed by atoms with Crippen LogP contribution in [0.4, 0.5) is 5.69 Å². The van der Waals surface area contributed by atoms with Crippen molar-refractivity contribution in [3.05, 3.63) is 39.4 Å². The largest absolute Gasteiger partial charge is 0.349 e. The molecule has 0 aliphatic carbocycles. The molecule has 1 aromatic carbocycles. The number of carbonyl (C=O) groups excluding carboxylic acids is 1. The molecule has 5 nitrogen and oxygen atoms in total. The molecule has 5 heteroatoms. The van der Waals surface area contributed by atoms with E-state index in [1.165, 1.54) is 11.0 Å². The molecule has 0 saturated heterocycles. The number of carbonyl (C=O) groups is 1. The summed E-state index contributed by atoms with van der Waals surface area (Å²) in [5, 5.41) is 10.8. The van der Waals surface area contributed by atoms with Crippen molar-refractivity contribution in [2.24, 2.45) is 0 Å². The number of amides is 1. The second-order valence-electron chi connectivity index (χ2n) is 3.85. The predicted molar refractivity (Wildman–Crippen MR) is 60.2 cm³/mol. The van der Waals surface area contributed by atoms with Gasteiger partial charge in [0.15, 0.2) is 0 Å². The van der Waals surface area contributed by atoms with Gasteiger partial charge in [-0.1, -0.05) is 12.1 Å². The maximum atomic E-state index is 11.5. The molecule has 16 heavy (non-hydrogen) atoms. The highest BCUT2D eigenvalue weighted by atomic mass is 16.6. The van der Waals surface area contributed by atoms with E-state index in [-0.39, 0.29) is 18.0 Å². The molecular weight excluding hydrogens is 208 g/mol. The van der Waals surface area contributed by atoms with Gasteiger partial charge in [-0.2, -0.15) is 0 Å². The molecular formula is C11H14N2O3. The summed E-state index contributed by atoms with van der Waals surface area (Å²) in [4.78, 5) is 23.2. The highest BCUT2D eigenvalue weighted by Crippen LogP contribution is 2.20. The van der Waals surface area contributed by atoms with Crippen LogP contribution in [0, 0.1) is 17.0 Å². The summed E-state index contributed by atoms with van der Waals surface area (Å²) in [6, 6.07) is 4.89. The van der Waals surface area contributed by atoms with Crippen LogP contribution in [0.15, 0.2) is 18.2 Å². The third-order valence-corrected chi connectivity index (χ3v) is 2.28. The summed E-state index contributed by atoms with van der Waals surface area (Å²) in [6.45, 7) is 1.78. The lowest BCUT2D eigenvalue weighted by Crippen LogP contribution is -2.23. The lowest BCUT2D eigenvalue weighted by Gasteiger charge is -2.10. The number of nitro groups is 1. The molecule has 0 aliphatic rings. The van der Waals surface area contributed by atoms with Gasteiger partial charge in [-0.3, -0.25) is 14.9 Å². The average Bonchev–Trinajstić information content (AvgIpc) is 2.20. The number of aryl methyl sites for hydroxylation is 1. The number of likely N-dealkylation sites (N-methyl/N-ethyl adjacent to an activating group) is 1. The highest BCUT2D eigenvalue weighted by molar-refractivity contribution is 5.79. The predicted octanol–water partition coefficient (Wildman–Crippen LogP) is 1.53. The molecule has 86 valence electrons. The van der Waals surface area contributed by atoms with Crippen LogP contribution < -0.4 is 0 Å². The maximum Gasteiger partial charge on any atom is 0.273 e. The Labute approximate surface area is 93.8 Å². The van der Waals surface area contributed by atoms with Gasteiger partial charge >= 0.3 is 0 Å². The number of nitro benzene ring substituents is 1. The monoisotopic (exact) mass is 222 g/mol. The van der Waals surface area contributed by atoms with Gasteiger partial charge in [-0.05, 0) is 12.5 Å². The molecule has 1 amide bonds. The van der Waals surface area contributed by atoms with Crippen LogP contribution in [-0.4, -0.2) is 29.8 Å². The smallest absolute Gasteiger partial charge is 0.273 e. The fourth-order valence-corrected chi connectivity index (χ4v) is 1.31. The van der Waals surface area contributed by atoms with Crippen molar-refractivity contribution in [3.8, 4) is 0 Å². The zero-order chi connectivity index (χ0) is 12.3. The Morgan fingerprint density at radius 2 is 2.06 bits per heavy atom. The molecule has 0 aliphatic heterocycles. The van der Waals surface area contributed by atoms with Gasteiger partial charge in [0.25, 0.3) is 5.69 Å². The minimum absolute atomic E-state index is 0.00944. The van der Waals surface area contributed by atoms with E-state index in [1.54, 1.807) is 33.2 Å². The zero-order valence-electron chi connectivity index (χ0n) is 9.56. The number of nitrogens with zero attached hydrogens (tertiary/aromatic N) is 2. The normalized spacial score (nSPS) is 9.94. The van der Waals surface area contributed by atoms with E-state index >= 15 is 0 Å². The van der Waals surface area contributed by atoms with Gasteiger partial charge in [-0.25, -0.2) is 0 Å². The van der Waals surface area contributed by atoms with Crippen molar-refractivity contribution >= 4 is 11.6 Å². The number of hydrogen-bond donors (Lipinski definition) is 0. The first kappa shape index (κ1) is 12.2. The lowest BCUT2D eigenvalue weighted by atomic mass is 10.1. The first-order valence-corrected chi connectivity index (χ1v) is 4.86. The van der Waals surface area contributed by atoms with Gasteiger partial charge in [0.05, 0.1) is 11.3 Å². The van der Waals surface area contributed by atoms with Crippen molar-refractivity contribution in [2.45, 2.75) is 13.3 Å². The second-order valence-corrected chi connectivity index (χ2v) is 3.85. The Morgan fingerprint density at radius 3 is 2.56 bits per heavy atom. The zero-order valence-corrected chi connectivity index (χ0v) is 9.56. The number of rotatable bonds is 3. The van der Waals surface area contributed by atoms with Crippen LogP contribution in [0.2, 0.25) is 0 Å². The summed E-state index contributed by atoms with van der Waals surface area (Å²) in [7, 11) is 3.25. The third-order valence-electron chi connectivity index (χ3n) is 2.28. The van der Waals surface area contributed by atoms with E-state index in [1.807, 2.05) is 0 Å². The Morgan fingerprint density at radius 1 is 1.44 bits per heavy atom. The Kier molecular flexibility index (Phi) is 3.60. The molecule has 0 heterocycles. The Bertz CT molecular complexity index is 427. The minimum Gasteiger partial charge on any atom is -0.349 e. The molecule has 0 spiro atoms. The Hall–Kier alpha value is -1.91. The first-order valence-electron chi connectivity index (χ1n) is 4.86. The van der Waals surface area contributed by atoms with Gasteiger partial charge in [0, 0.05) is 25.7 Å². The maximum absolute atomic E-state index is 11.5. The fraction of sp³-hybridized carbons (Fsp3) is 0.364. The standard InChI is InChI=1S/C11H14N2O3/c1-8-4-5-9(7-11(14)12(2)3)10(6-8)13(15)16/h4-6H,7H2,1-3H3. The molecule has 0 unspecified atom stereocenters. The van der Waals surface area contributed by atoms with Crippen molar-refractivity contribution in [1.82, 2.24) is 4.90 Å². The molecule has 1 aromatic rings. The van der Waals surface area contributed by atoms with E-state index < -0.39 is 4.92 Å². The van der Waals surface area contributed by atoms with E-state index in [0.717, 1.165) is 5.56 Å². The van der Waals surface area contributed by atoms with Crippen LogP contribution in [0.3, 0.4) is 0 Å².